The molecule has 1 aromatic rings. The van der Waals surface area contributed by atoms with Crippen molar-refractivity contribution in [3.63, 3.8) is 0 Å². The van der Waals surface area contributed by atoms with Crippen LogP contribution < -0.4 is 0 Å². The molecule has 2 aliphatic heterocycles. The van der Waals surface area contributed by atoms with E-state index in [1.54, 1.807) is 17.4 Å². The molecule has 0 unspecified atom stereocenters. The highest BCUT2D eigenvalue weighted by molar-refractivity contribution is 7.10. The van der Waals surface area contributed by atoms with Gasteiger partial charge >= 0.3 is 0 Å². The highest BCUT2D eigenvalue weighted by atomic mass is 32.1. The molecule has 1 amide bonds. The molecule has 20 heavy (non-hydrogen) atoms. The van der Waals surface area contributed by atoms with Crippen molar-refractivity contribution in [2.45, 2.75) is 31.7 Å². The Balaban J connectivity index is 1.58. The number of carbonyl (C=O) groups is 1. The molecule has 1 atom stereocenters. The van der Waals surface area contributed by atoms with Crippen molar-refractivity contribution >= 4 is 23.3 Å². The molecule has 108 valence electrons. The quantitative estimate of drug-likeness (QED) is 0.796. The first-order valence-corrected chi connectivity index (χ1v) is 8.45. The molecule has 3 heterocycles. The first kappa shape index (κ1) is 13.8. The standard InChI is InChI=1S/C16H22N2OS/c19-16(8-7-15-6-4-12-20-15)18-11-3-5-14(18)13-17-9-1-2-10-17/h4,6-8,12,14H,1-3,5,9-11,13H2/b8-7+/t14-/m0/s1. The van der Waals surface area contributed by atoms with Gasteiger partial charge in [0.25, 0.3) is 0 Å². The van der Waals surface area contributed by atoms with E-state index in [9.17, 15) is 4.79 Å². The number of hydrogen-bond acceptors (Lipinski definition) is 3. The van der Waals surface area contributed by atoms with Crippen LogP contribution >= 0.6 is 11.3 Å². The van der Waals surface area contributed by atoms with Gasteiger partial charge in [-0.05, 0) is 56.3 Å². The summed E-state index contributed by atoms with van der Waals surface area (Å²) in [5.41, 5.74) is 0. The van der Waals surface area contributed by atoms with Gasteiger partial charge in [0.2, 0.25) is 5.91 Å². The van der Waals surface area contributed by atoms with Gasteiger partial charge in [0.1, 0.15) is 0 Å². The van der Waals surface area contributed by atoms with Gasteiger partial charge in [-0.25, -0.2) is 0 Å². The second-order valence-corrected chi connectivity index (χ2v) is 6.66. The van der Waals surface area contributed by atoms with Gasteiger partial charge in [-0.2, -0.15) is 0 Å². The number of amides is 1. The van der Waals surface area contributed by atoms with Crippen LogP contribution in [0.4, 0.5) is 0 Å². The van der Waals surface area contributed by atoms with Gasteiger partial charge in [0, 0.05) is 30.1 Å². The van der Waals surface area contributed by atoms with E-state index in [1.165, 1.54) is 25.9 Å². The lowest BCUT2D eigenvalue weighted by Crippen LogP contribution is -2.41. The Morgan fingerprint density at radius 3 is 2.90 bits per heavy atom. The zero-order valence-electron chi connectivity index (χ0n) is 11.8. The van der Waals surface area contributed by atoms with Crippen LogP contribution in [0.5, 0.6) is 0 Å². The molecule has 0 spiro atoms. The van der Waals surface area contributed by atoms with Gasteiger partial charge < -0.3 is 9.80 Å². The largest absolute Gasteiger partial charge is 0.335 e. The Morgan fingerprint density at radius 1 is 1.30 bits per heavy atom. The summed E-state index contributed by atoms with van der Waals surface area (Å²) in [5, 5.41) is 2.04. The van der Waals surface area contributed by atoms with E-state index < -0.39 is 0 Å². The van der Waals surface area contributed by atoms with E-state index in [0.717, 1.165) is 30.8 Å². The zero-order valence-corrected chi connectivity index (χ0v) is 12.6. The SMILES string of the molecule is O=C(/C=C/c1cccs1)N1CCC[C@H]1CN1CCCC1. The number of hydrogen-bond donors (Lipinski definition) is 0. The van der Waals surface area contributed by atoms with Crippen molar-refractivity contribution < 1.29 is 4.79 Å². The Bertz CT molecular complexity index is 463. The van der Waals surface area contributed by atoms with Crippen molar-refractivity contribution in [3.8, 4) is 0 Å². The first-order chi connectivity index (χ1) is 9.83. The van der Waals surface area contributed by atoms with E-state index >= 15 is 0 Å². The van der Waals surface area contributed by atoms with Crippen LogP contribution in [-0.4, -0.2) is 47.9 Å². The molecule has 2 aliphatic rings. The fraction of sp³-hybridized carbons (Fsp3) is 0.562. The molecule has 0 aliphatic carbocycles. The molecule has 0 N–H and O–H groups in total. The summed E-state index contributed by atoms with van der Waals surface area (Å²) in [4.78, 5) is 18.1. The molecule has 0 bridgehead atoms. The average Bonchev–Trinajstić information content (AvgIpc) is 3.19. The average molecular weight is 290 g/mol. The maximum absolute atomic E-state index is 12.3. The van der Waals surface area contributed by atoms with Crippen molar-refractivity contribution in [1.29, 1.82) is 0 Å². The summed E-state index contributed by atoms with van der Waals surface area (Å²) >= 11 is 1.67. The summed E-state index contributed by atoms with van der Waals surface area (Å²) in [6, 6.07) is 4.48. The Labute approximate surface area is 124 Å². The normalized spacial score (nSPS) is 24.0. The predicted molar refractivity (Wildman–Crippen MR) is 83.8 cm³/mol. The first-order valence-electron chi connectivity index (χ1n) is 7.57. The second kappa shape index (κ2) is 6.55. The molecule has 0 saturated carbocycles. The van der Waals surface area contributed by atoms with E-state index in [2.05, 4.69) is 9.80 Å². The topological polar surface area (TPSA) is 23.6 Å². The van der Waals surface area contributed by atoms with E-state index in [1.807, 2.05) is 23.6 Å². The van der Waals surface area contributed by atoms with Crippen LogP contribution in [0.3, 0.4) is 0 Å². The smallest absolute Gasteiger partial charge is 0.246 e. The third-order valence-electron chi connectivity index (χ3n) is 4.26. The van der Waals surface area contributed by atoms with E-state index in [0.29, 0.717) is 6.04 Å². The summed E-state index contributed by atoms with van der Waals surface area (Å²) < 4.78 is 0. The minimum absolute atomic E-state index is 0.181. The number of carbonyl (C=O) groups excluding carboxylic acids is 1. The molecular weight excluding hydrogens is 268 g/mol. The second-order valence-electron chi connectivity index (χ2n) is 5.68. The predicted octanol–water partition coefficient (Wildman–Crippen LogP) is 2.85. The van der Waals surface area contributed by atoms with Crippen LogP contribution in [0.15, 0.2) is 23.6 Å². The number of likely N-dealkylation sites (tertiary alicyclic amines) is 2. The molecule has 3 rings (SSSR count). The van der Waals surface area contributed by atoms with Crippen LogP contribution in [-0.2, 0) is 4.79 Å². The highest BCUT2D eigenvalue weighted by Gasteiger charge is 2.29. The van der Waals surface area contributed by atoms with Crippen LogP contribution in [0.2, 0.25) is 0 Å². The summed E-state index contributed by atoms with van der Waals surface area (Å²) in [6.45, 7) is 4.41. The van der Waals surface area contributed by atoms with Crippen LogP contribution in [0, 0.1) is 0 Å². The monoisotopic (exact) mass is 290 g/mol. The lowest BCUT2D eigenvalue weighted by molar-refractivity contribution is -0.127. The van der Waals surface area contributed by atoms with Gasteiger partial charge in [0.05, 0.1) is 0 Å². The fourth-order valence-electron chi connectivity index (χ4n) is 3.21. The lowest BCUT2D eigenvalue weighted by atomic mass is 10.2. The van der Waals surface area contributed by atoms with Crippen molar-refractivity contribution in [1.82, 2.24) is 9.80 Å². The molecule has 2 fully saturated rings. The van der Waals surface area contributed by atoms with Crippen LogP contribution in [0.25, 0.3) is 6.08 Å². The Morgan fingerprint density at radius 2 is 2.15 bits per heavy atom. The minimum atomic E-state index is 0.181. The molecule has 1 aromatic heterocycles. The van der Waals surface area contributed by atoms with Crippen LogP contribution in [0.1, 0.15) is 30.6 Å². The maximum Gasteiger partial charge on any atom is 0.246 e. The number of nitrogens with zero attached hydrogens (tertiary/aromatic N) is 2. The zero-order chi connectivity index (χ0) is 13.8. The van der Waals surface area contributed by atoms with Crippen molar-refractivity contribution in [2.24, 2.45) is 0 Å². The molecular formula is C16H22N2OS. The summed E-state index contributed by atoms with van der Waals surface area (Å²) in [6.07, 6.45) is 8.64. The molecule has 0 aromatic carbocycles. The lowest BCUT2D eigenvalue weighted by Gasteiger charge is -2.27. The molecule has 3 nitrogen and oxygen atoms in total. The Hall–Kier alpha value is -1.13. The molecule has 4 heteroatoms. The Kier molecular flexibility index (Phi) is 4.53. The molecule has 0 radical (unpaired) electrons. The third-order valence-corrected chi connectivity index (χ3v) is 5.10. The van der Waals surface area contributed by atoms with Crippen molar-refractivity contribution in [2.75, 3.05) is 26.2 Å². The number of rotatable bonds is 4. The third kappa shape index (κ3) is 3.30. The minimum Gasteiger partial charge on any atom is -0.335 e. The number of thiophene rings is 1. The summed E-state index contributed by atoms with van der Waals surface area (Å²) in [5.74, 6) is 0.181. The summed E-state index contributed by atoms with van der Waals surface area (Å²) in [7, 11) is 0. The highest BCUT2D eigenvalue weighted by Crippen LogP contribution is 2.21. The molecule has 2 saturated heterocycles. The van der Waals surface area contributed by atoms with Gasteiger partial charge in [-0.3, -0.25) is 4.79 Å². The van der Waals surface area contributed by atoms with Crippen molar-refractivity contribution in [3.05, 3.63) is 28.5 Å². The van der Waals surface area contributed by atoms with Gasteiger partial charge in [0.15, 0.2) is 0 Å². The maximum atomic E-state index is 12.3. The fourth-order valence-corrected chi connectivity index (χ4v) is 3.83. The van der Waals surface area contributed by atoms with Gasteiger partial charge in [-0.1, -0.05) is 6.07 Å². The van der Waals surface area contributed by atoms with E-state index in [-0.39, 0.29) is 5.91 Å². The van der Waals surface area contributed by atoms with Gasteiger partial charge in [-0.15, -0.1) is 11.3 Å². The van der Waals surface area contributed by atoms with E-state index in [4.69, 9.17) is 0 Å².